The van der Waals surface area contributed by atoms with Gasteiger partial charge in [0, 0.05) is 50.1 Å². The molecule has 0 unspecified atom stereocenters. The molecule has 29 heavy (non-hydrogen) atoms. The summed E-state index contributed by atoms with van der Waals surface area (Å²) in [6, 6.07) is 11.1. The molecule has 1 aliphatic carbocycles. The minimum absolute atomic E-state index is 0.0566. The lowest BCUT2D eigenvalue weighted by molar-refractivity contribution is -0.127. The second-order valence-electron chi connectivity index (χ2n) is 9.14. The number of hydrogen-bond acceptors (Lipinski definition) is 4. The van der Waals surface area contributed by atoms with Gasteiger partial charge in [0.2, 0.25) is 15.9 Å². The van der Waals surface area contributed by atoms with Gasteiger partial charge in [0.05, 0.1) is 6.26 Å². The molecule has 0 bridgehead atoms. The molecule has 0 atom stereocenters. The third kappa shape index (κ3) is 5.01. The molecule has 3 aliphatic rings. The van der Waals surface area contributed by atoms with Crippen molar-refractivity contribution in [3.8, 4) is 0 Å². The Labute approximate surface area is 174 Å². The summed E-state index contributed by atoms with van der Waals surface area (Å²) >= 11 is 0. The Morgan fingerprint density at radius 1 is 1.03 bits per heavy atom. The van der Waals surface area contributed by atoms with Gasteiger partial charge in [-0.1, -0.05) is 30.3 Å². The first-order valence-electron chi connectivity index (χ1n) is 10.9. The highest BCUT2D eigenvalue weighted by atomic mass is 32.2. The molecule has 3 fully saturated rings. The lowest BCUT2D eigenvalue weighted by Gasteiger charge is -2.36. The summed E-state index contributed by atoms with van der Waals surface area (Å²) in [5.74, 6) is 0.0541. The molecule has 7 heteroatoms. The fourth-order valence-electron chi connectivity index (χ4n) is 4.91. The van der Waals surface area contributed by atoms with E-state index in [1.54, 1.807) is 0 Å². The smallest absolute Gasteiger partial charge is 0.223 e. The van der Waals surface area contributed by atoms with Crippen LogP contribution in [0.4, 0.5) is 0 Å². The third-order valence-electron chi connectivity index (χ3n) is 6.99. The van der Waals surface area contributed by atoms with Gasteiger partial charge in [-0.2, -0.15) is 0 Å². The Kier molecular flexibility index (Phi) is 6.00. The van der Waals surface area contributed by atoms with Gasteiger partial charge >= 0.3 is 0 Å². The first-order valence-corrected chi connectivity index (χ1v) is 12.7. The van der Waals surface area contributed by atoms with Crippen molar-refractivity contribution in [1.82, 2.24) is 14.5 Å². The van der Waals surface area contributed by atoms with Crippen LogP contribution in [0.3, 0.4) is 0 Å². The summed E-state index contributed by atoms with van der Waals surface area (Å²) in [4.78, 5) is 15.2. The molecule has 1 aromatic rings. The van der Waals surface area contributed by atoms with E-state index in [0.717, 1.165) is 32.5 Å². The summed E-state index contributed by atoms with van der Waals surface area (Å²) in [5, 5.41) is 3.24. The fourth-order valence-corrected chi connectivity index (χ4v) is 5.79. The van der Waals surface area contributed by atoms with Crippen LogP contribution in [-0.2, 0) is 20.2 Å². The minimum Gasteiger partial charge on any atom is -0.353 e. The Morgan fingerprint density at radius 3 is 2.21 bits per heavy atom. The van der Waals surface area contributed by atoms with Crippen LogP contribution in [0.15, 0.2) is 30.3 Å². The molecular weight excluding hydrogens is 386 g/mol. The fraction of sp³-hybridized carbons (Fsp3) is 0.682. The van der Waals surface area contributed by atoms with Gasteiger partial charge in [-0.3, -0.25) is 4.79 Å². The van der Waals surface area contributed by atoms with Crippen LogP contribution in [0, 0.1) is 5.92 Å². The van der Waals surface area contributed by atoms with Crippen LogP contribution in [0.2, 0.25) is 0 Å². The van der Waals surface area contributed by atoms with E-state index < -0.39 is 10.0 Å². The zero-order valence-corrected chi connectivity index (χ0v) is 18.2. The Balaban J connectivity index is 1.21. The minimum atomic E-state index is -3.14. The van der Waals surface area contributed by atoms with Gasteiger partial charge in [0.1, 0.15) is 0 Å². The maximum absolute atomic E-state index is 12.6. The van der Waals surface area contributed by atoms with Crippen molar-refractivity contribution in [2.75, 3.05) is 39.0 Å². The monoisotopic (exact) mass is 419 g/mol. The maximum atomic E-state index is 12.6. The summed E-state index contributed by atoms with van der Waals surface area (Å²) in [5.41, 5.74) is 1.82. The van der Waals surface area contributed by atoms with Gasteiger partial charge in [0.25, 0.3) is 0 Å². The molecule has 0 aromatic heterocycles. The van der Waals surface area contributed by atoms with Crippen LogP contribution in [0.5, 0.6) is 0 Å². The molecule has 1 saturated carbocycles. The van der Waals surface area contributed by atoms with Gasteiger partial charge < -0.3 is 10.2 Å². The van der Waals surface area contributed by atoms with Crippen molar-refractivity contribution < 1.29 is 13.2 Å². The number of hydrogen-bond donors (Lipinski definition) is 1. The molecule has 6 nitrogen and oxygen atoms in total. The maximum Gasteiger partial charge on any atom is 0.223 e. The van der Waals surface area contributed by atoms with Crippen molar-refractivity contribution in [3.05, 3.63) is 35.9 Å². The van der Waals surface area contributed by atoms with Crippen LogP contribution < -0.4 is 5.32 Å². The van der Waals surface area contributed by atoms with Crippen molar-refractivity contribution >= 4 is 15.9 Å². The number of piperidine rings is 2. The normalized spacial score (nSPS) is 24.3. The van der Waals surface area contributed by atoms with E-state index in [-0.39, 0.29) is 17.9 Å². The van der Waals surface area contributed by atoms with Crippen molar-refractivity contribution in [1.29, 1.82) is 0 Å². The van der Waals surface area contributed by atoms with Gasteiger partial charge in [0.15, 0.2) is 0 Å². The van der Waals surface area contributed by atoms with Crippen molar-refractivity contribution in [2.45, 2.75) is 50.0 Å². The number of nitrogens with zero attached hydrogens (tertiary/aromatic N) is 2. The number of likely N-dealkylation sites (tertiary alicyclic amines) is 1. The molecule has 0 spiro atoms. The number of benzene rings is 1. The largest absolute Gasteiger partial charge is 0.353 e. The molecule has 0 radical (unpaired) electrons. The van der Waals surface area contributed by atoms with E-state index in [9.17, 15) is 13.2 Å². The zero-order chi connectivity index (χ0) is 20.5. The van der Waals surface area contributed by atoms with Gasteiger partial charge in [-0.25, -0.2) is 12.7 Å². The highest BCUT2D eigenvalue weighted by Crippen LogP contribution is 2.48. The van der Waals surface area contributed by atoms with Crippen molar-refractivity contribution in [2.24, 2.45) is 5.92 Å². The predicted octanol–water partition coefficient (Wildman–Crippen LogP) is 1.97. The summed E-state index contributed by atoms with van der Waals surface area (Å²) < 4.78 is 24.7. The lowest BCUT2D eigenvalue weighted by atomic mass is 9.93. The number of rotatable bonds is 6. The van der Waals surface area contributed by atoms with Crippen LogP contribution in [0.1, 0.15) is 44.1 Å². The Morgan fingerprint density at radius 2 is 1.66 bits per heavy atom. The summed E-state index contributed by atoms with van der Waals surface area (Å²) in [6.07, 6.45) is 7.04. The number of nitrogens with one attached hydrogen (secondary N) is 1. The molecule has 2 heterocycles. The molecule has 4 rings (SSSR count). The standard InChI is InChI=1S/C22H33N3O3S/c1-29(27,28)25-15-7-18(8-16-25)21(26)23-20-9-13-24(14-10-20)17-22(11-12-22)19-5-3-2-4-6-19/h2-6,18,20H,7-17H2,1H3,(H,23,26). The molecular formula is C22H33N3O3S. The third-order valence-corrected chi connectivity index (χ3v) is 8.30. The van der Waals surface area contributed by atoms with E-state index in [1.807, 2.05) is 0 Å². The molecule has 1 amide bonds. The average Bonchev–Trinajstić information content (AvgIpc) is 3.50. The Bertz CT molecular complexity index is 807. The molecule has 2 aliphatic heterocycles. The number of sulfonamides is 1. The molecule has 160 valence electrons. The molecule has 2 saturated heterocycles. The number of amides is 1. The average molecular weight is 420 g/mol. The van der Waals surface area contributed by atoms with Crippen LogP contribution in [0.25, 0.3) is 0 Å². The van der Waals surface area contributed by atoms with Gasteiger partial charge in [-0.05, 0) is 44.1 Å². The lowest BCUT2D eigenvalue weighted by Crippen LogP contribution is -2.49. The van der Waals surface area contributed by atoms with Crippen molar-refractivity contribution in [3.63, 3.8) is 0 Å². The first-order chi connectivity index (χ1) is 13.9. The zero-order valence-electron chi connectivity index (χ0n) is 17.3. The topological polar surface area (TPSA) is 69.7 Å². The van der Waals surface area contributed by atoms with E-state index in [4.69, 9.17) is 0 Å². The van der Waals surface area contributed by atoms with Gasteiger partial charge in [-0.15, -0.1) is 0 Å². The van der Waals surface area contributed by atoms with Crippen LogP contribution >= 0.6 is 0 Å². The highest BCUT2D eigenvalue weighted by Gasteiger charge is 2.45. The Hall–Kier alpha value is -1.44. The number of carbonyl (C=O) groups excluding carboxylic acids is 1. The van der Waals surface area contributed by atoms with Crippen LogP contribution in [-0.4, -0.2) is 68.6 Å². The quantitative estimate of drug-likeness (QED) is 0.765. The summed E-state index contributed by atoms with van der Waals surface area (Å²) in [7, 11) is -3.14. The highest BCUT2D eigenvalue weighted by molar-refractivity contribution is 7.88. The van der Waals surface area contributed by atoms with E-state index >= 15 is 0 Å². The SMILES string of the molecule is CS(=O)(=O)N1CCC(C(=O)NC2CCN(CC3(c4ccccc4)CC3)CC2)CC1. The second kappa shape index (κ2) is 8.36. The molecule has 1 N–H and O–H groups in total. The molecule has 1 aromatic carbocycles. The van der Waals surface area contributed by atoms with E-state index in [0.29, 0.717) is 31.3 Å². The first kappa shape index (κ1) is 20.8. The number of carbonyl (C=O) groups is 1. The van der Waals surface area contributed by atoms with E-state index in [2.05, 4.69) is 40.5 Å². The van der Waals surface area contributed by atoms with E-state index in [1.165, 1.54) is 29.0 Å². The second-order valence-corrected chi connectivity index (χ2v) is 11.1. The summed E-state index contributed by atoms with van der Waals surface area (Å²) in [6.45, 7) is 4.10. The predicted molar refractivity (Wildman–Crippen MR) is 114 cm³/mol.